The number of ether oxygens (including phenoxy) is 4. The average molecular weight is 867 g/mol. The van der Waals surface area contributed by atoms with E-state index in [1.54, 1.807) is 24.3 Å². The lowest BCUT2D eigenvalue weighted by molar-refractivity contribution is 0.0914. The van der Waals surface area contributed by atoms with Crippen LogP contribution in [0.15, 0.2) is 72.8 Å². The van der Waals surface area contributed by atoms with Crippen LogP contribution in [0.3, 0.4) is 0 Å². The normalized spacial score (nSPS) is 20.5. The van der Waals surface area contributed by atoms with Crippen molar-refractivity contribution in [1.82, 2.24) is 29.7 Å². The second-order valence-corrected chi connectivity index (χ2v) is 18.6. The number of carbonyl (C=O) groups excluding carboxylic acids is 2. The first-order valence-electron chi connectivity index (χ1n) is 23.3. The number of amides is 2. The van der Waals surface area contributed by atoms with E-state index in [-0.39, 0.29) is 23.9 Å². The number of nitrogens with one attached hydrogen (secondary N) is 2. The molecule has 6 aromatic rings. The van der Waals surface area contributed by atoms with Crippen LogP contribution in [-0.4, -0.2) is 69.4 Å². The lowest BCUT2D eigenvalue weighted by Crippen LogP contribution is -2.38. The molecule has 336 valence electrons. The van der Waals surface area contributed by atoms with Gasteiger partial charge in [-0.1, -0.05) is 52.7 Å². The largest absolute Gasteiger partial charge is 0.486 e. The van der Waals surface area contributed by atoms with Crippen LogP contribution in [0, 0.1) is 0 Å². The minimum absolute atomic E-state index is 0.0563. The molecule has 0 bridgehead atoms. The minimum atomic E-state index is -0.0563. The van der Waals surface area contributed by atoms with Gasteiger partial charge in [-0.2, -0.15) is 0 Å². The molecular formula is C52H62N6O6. The molecule has 10 rings (SSSR count). The van der Waals surface area contributed by atoms with Crippen LogP contribution in [0.5, 0.6) is 23.0 Å². The maximum atomic E-state index is 12.9. The maximum Gasteiger partial charge on any atom is 0.251 e. The number of imidazole rings is 2. The van der Waals surface area contributed by atoms with E-state index in [2.05, 4.69) is 98.0 Å². The number of carbonyl (C=O) groups is 2. The second kappa shape index (κ2) is 18.6. The van der Waals surface area contributed by atoms with Crippen molar-refractivity contribution < 1.29 is 28.5 Å². The molecule has 2 aliphatic heterocycles. The maximum absolute atomic E-state index is 12.9. The molecule has 12 heteroatoms. The number of nitrogens with zero attached hydrogens (tertiary/aromatic N) is 4. The third-order valence-corrected chi connectivity index (χ3v) is 13.6. The standard InChI is InChI=1S/2C26H31N3O3/c1-16(2)17-7-9-22-21(14-17)28-25(29(22)3)18-5-4-6-20(13-18)27-26(30)19-8-10-23-24(15-19)32-12-11-31-23;1-16(2)17-7-9-21-22(14-17)29(3)25(28-21)18-5-4-6-20(13-18)27-26(30)19-8-10-23-24(15-19)32-12-11-31-23/h2*7-10,14-16,18,20H,4-6,11-13H2,1-3H3,(H,27,30). The van der Waals surface area contributed by atoms with E-state index in [9.17, 15) is 9.59 Å². The molecule has 4 aliphatic rings. The number of hydrogen-bond donors (Lipinski definition) is 2. The van der Waals surface area contributed by atoms with Crippen molar-refractivity contribution in [3.8, 4) is 23.0 Å². The third-order valence-electron chi connectivity index (χ3n) is 13.6. The summed E-state index contributed by atoms with van der Waals surface area (Å²) < 4.78 is 26.9. The summed E-state index contributed by atoms with van der Waals surface area (Å²) in [6.07, 6.45) is 8.17. The smallest absolute Gasteiger partial charge is 0.251 e. The number of aromatic nitrogens is 4. The molecule has 4 heterocycles. The molecule has 2 aromatic heterocycles. The fourth-order valence-corrected chi connectivity index (χ4v) is 9.93. The van der Waals surface area contributed by atoms with Gasteiger partial charge in [0.15, 0.2) is 23.0 Å². The summed E-state index contributed by atoms with van der Waals surface area (Å²) in [6.45, 7) is 11.0. The predicted molar refractivity (Wildman–Crippen MR) is 249 cm³/mol. The summed E-state index contributed by atoms with van der Waals surface area (Å²) in [5.74, 6) is 6.49. The summed E-state index contributed by atoms with van der Waals surface area (Å²) in [6, 6.07) is 24.3. The Morgan fingerprint density at radius 2 is 1.02 bits per heavy atom. The molecule has 2 amide bonds. The van der Waals surface area contributed by atoms with Crippen LogP contribution in [0.4, 0.5) is 0 Å². The SMILES string of the molecule is CC(C)c1ccc2c(c1)nc(C1CCCC(NC(=O)c3ccc4c(c3)OCCO4)C1)n2C.CC(C)c1ccc2nc(C3CCCC(NC(=O)c4ccc5c(c4)OCCO5)C3)n(C)c2c1. The van der Waals surface area contributed by atoms with Crippen LogP contribution in [0.2, 0.25) is 0 Å². The van der Waals surface area contributed by atoms with Gasteiger partial charge in [-0.3, -0.25) is 9.59 Å². The van der Waals surface area contributed by atoms with E-state index in [0.29, 0.717) is 84.2 Å². The zero-order chi connectivity index (χ0) is 44.5. The van der Waals surface area contributed by atoms with Crippen molar-refractivity contribution in [2.24, 2.45) is 14.1 Å². The lowest BCUT2D eigenvalue weighted by Gasteiger charge is -2.29. The van der Waals surface area contributed by atoms with E-state index in [0.717, 1.165) is 74.0 Å². The summed E-state index contributed by atoms with van der Waals surface area (Å²) in [5.41, 5.74) is 8.35. The van der Waals surface area contributed by atoms with Gasteiger partial charge >= 0.3 is 0 Å². The number of hydrogen-bond acceptors (Lipinski definition) is 8. The Kier molecular flexibility index (Phi) is 12.6. The van der Waals surface area contributed by atoms with Crippen LogP contribution in [0.25, 0.3) is 22.1 Å². The van der Waals surface area contributed by atoms with Gasteiger partial charge in [0, 0.05) is 49.1 Å². The molecule has 4 atom stereocenters. The van der Waals surface area contributed by atoms with Gasteiger partial charge in [0.25, 0.3) is 11.8 Å². The summed E-state index contributed by atoms with van der Waals surface area (Å²) in [5, 5.41) is 6.49. The highest BCUT2D eigenvalue weighted by atomic mass is 16.6. The van der Waals surface area contributed by atoms with Gasteiger partial charge in [-0.05, 0) is 122 Å². The number of rotatable bonds is 8. The summed E-state index contributed by atoms with van der Waals surface area (Å²) >= 11 is 0. The Hall–Kier alpha value is -6.04. The topological polar surface area (TPSA) is 131 Å². The molecular weight excluding hydrogens is 805 g/mol. The van der Waals surface area contributed by atoms with Crippen molar-refractivity contribution in [3.63, 3.8) is 0 Å². The van der Waals surface area contributed by atoms with E-state index >= 15 is 0 Å². The fraction of sp³-hybridized carbons (Fsp3) is 0.462. The molecule has 2 aliphatic carbocycles. The van der Waals surface area contributed by atoms with Crippen molar-refractivity contribution in [2.75, 3.05) is 26.4 Å². The number of benzene rings is 4. The van der Waals surface area contributed by atoms with Gasteiger partial charge in [0.2, 0.25) is 0 Å². The highest BCUT2D eigenvalue weighted by Gasteiger charge is 2.30. The van der Waals surface area contributed by atoms with E-state index in [1.165, 1.54) is 22.2 Å². The van der Waals surface area contributed by atoms with Crippen LogP contribution >= 0.6 is 0 Å². The Balaban J connectivity index is 0.000000162. The molecule has 12 nitrogen and oxygen atoms in total. The van der Waals surface area contributed by atoms with Crippen LogP contribution in [0.1, 0.15) is 146 Å². The molecule has 0 spiro atoms. The average Bonchev–Trinajstić information content (AvgIpc) is 3.83. The summed E-state index contributed by atoms with van der Waals surface area (Å²) in [7, 11) is 4.23. The Labute approximate surface area is 376 Å². The zero-order valence-electron chi connectivity index (χ0n) is 38.1. The van der Waals surface area contributed by atoms with Crippen LogP contribution < -0.4 is 29.6 Å². The summed E-state index contributed by atoms with van der Waals surface area (Å²) in [4.78, 5) is 35.8. The van der Waals surface area contributed by atoms with Gasteiger partial charge in [0.05, 0.1) is 22.1 Å². The molecule has 4 unspecified atom stereocenters. The first-order valence-corrected chi connectivity index (χ1v) is 23.3. The van der Waals surface area contributed by atoms with Gasteiger partial charge in [-0.15, -0.1) is 0 Å². The lowest BCUT2D eigenvalue weighted by atomic mass is 9.85. The van der Waals surface area contributed by atoms with Crippen molar-refractivity contribution in [2.45, 2.75) is 115 Å². The van der Waals surface area contributed by atoms with Gasteiger partial charge in [0.1, 0.15) is 38.1 Å². The van der Waals surface area contributed by atoms with Crippen molar-refractivity contribution in [1.29, 1.82) is 0 Å². The van der Waals surface area contributed by atoms with E-state index in [1.807, 2.05) is 12.1 Å². The number of aryl methyl sites for hydroxylation is 2. The van der Waals surface area contributed by atoms with E-state index in [4.69, 9.17) is 28.9 Å². The highest BCUT2D eigenvalue weighted by molar-refractivity contribution is 5.95. The highest BCUT2D eigenvalue weighted by Crippen LogP contribution is 2.37. The molecule has 0 saturated heterocycles. The van der Waals surface area contributed by atoms with Gasteiger partial charge in [-0.25, -0.2) is 9.97 Å². The zero-order valence-corrected chi connectivity index (χ0v) is 38.1. The van der Waals surface area contributed by atoms with Gasteiger partial charge < -0.3 is 38.7 Å². The quantitative estimate of drug-likeness (QED) is 0.155. The second-order valence-electron chi connectivity index (χ2n) is 18.6. The molecule has 2 saturated carbocycles. The Morgan fingerprint density at radius 1 is 0.547 bits per heavy atom. The van der Waals surface area contributed by atoms with Crippen molar-refractivity contribution >= 4 is 33.9 Å². The van der Waals surface area contributed by atoms with Crippen molar-refractivity contribution in [3.05, 3.63) is 107 Å². The first kappa shape index (κ1) is 43.2. The molecule has 64 heavy (non-hydrogen) atoms. The Morgan fingerprint density at radius 3 is 1.55 bits per heavy atom. The number of fused-ring (bicyclic) bond motifs is 4. The molecule has 4 aromatic carbocycles. The third kappa shape index (κ3) is 9.14. The first-order chi connectivity index (χ1) is 31.0. The molecule has 0 radical (unpaired) electrons. The fourth-order valence-electron chi connectivity index (χ4n) is 9.93. The Bertz CT molecular complexity index is 2570. The predicted octanol–water partition coefficient (Wildman–Crippen LogP) is 9.85. The monoisotopic (exact) mass is 866 g/mol. The van der Waals surface area contributed by atoms with E-state index < -0.39 is 0 Å². The molecule has 2 N–H and O–H groups in total. The molecule has 2 fully saturated rings. The minimum Gasteiger partial charge on any atom is -0.486 e. The van der Waals surface area contributed by atoms with Crippen LogP contribution in [-0.2, 0) is 14.1 Å².